The molecule has 2 amide bonds. The van der Waals surface area contributed by atoms with Crippen LogP contribution >= 0.6 is 0 Å². The molecule has 3 unspecified atom stereocenters. The van der Waals surface area contributed by atoms with Gasteiger partial charge >= 0.3 is 12.0 Å². The molecule has 1 fully saturated rings. The molecule has 1 saturated carbocycles. The van der Waals surface area contributed by atoms with Crippen molar-refractivity contribution >= 4 is 12.0 Å². The fraction of sp³-hybridized carbons (Fsp3) is 0.818. The highest BCUT2D eigenvalue weighted by molar-refractivity contribution is 5.76. The van der Waals surface area contributed by atoms with E-state index in [1.54, 1.807) is 6.92 Å². The number of carbonyl (C=O) groups is 2. The van der Waals surface area contributed by atoms with Gasteiger partial charge in [-0.25, -0.2) is 4.79 Å². The third-order valence-corrected chi connectivity index (χ3v) is 3.13. The molecule has 1 rings (SSSR count). The predicted molar refractivity (Wildman–Crippen MR) is 63.6 cm³/mol. The van der Waals surface area contributed by atoms with Crippen LogP contribution in [0.2, 0.25) is 0 Å². The minimum atomic E-state index is -0.917. The molecular weight excluding hydrogens is 222 g/mol. The van der Waals surface area contributed by atoms with Crippen molar-refractivity contribution in [3.8, 4) is 0 Å². The Morgan fingerprint density at radius 3 is 2.65 bits per heavy atom. The van der Waals surface area contributed by atoms with E-state index in [2.05, 4.69) is 10.6 Å². The van der Waals surface area contributed by atoms with Crippen molar-refractivity contribution in [2.75, 3.05) is 6.54 Å². The highest BCUT2D eigenvalue weighted by atomic mass is 16.4. The van der Waals surface area contributed by atoms with E-state index in [0.717, 1.165) is 25.7 Å². The fourth-order valence-electron chi connectivity index (χ4n) is 1.89. The first-order chi connectivity index (χ1) is 8.00. The quantitative estimate of drug-likeness (QED) is 0.569. The summed E-state index contributed by atoms with van der Waals surface area (Å²) in [5.74, 6) is -1.50. The van der Waals surface area contributed by atoms with Gasteiger partial charge in [-0.3, -0.25) is 4.79 Å². The summed E-state index contributed by atoms with van der Waals surface area (Å²) in [6.07, 6.45) is 4.00. The number of carboxylic acid groups (broad SMARTS) is 1. The van der Waals surface area contributed by atoms with Crippen LogP contribution in [0.1, 0.15) is 32.6 Å². The second-order valence-corrected chi connectivity index (χ2v) is 4.65. The maximum absolute atomic E-state index is 11.5. The van der Waals surface area contributed by atoms with Gasteiger partial charge in [-0.1, -0.05) is 19.8 Å². The van der Waals surface area contributed by atoms with Gasteiger partial charge in [0.1, 0.15) is 0 Å². The van der Waals surface area contributed by atoms with Crippen LogP contribution in [0, 0.1) is 5.92 Å². The number of amides is 2. The van der Waals surface area contributed by atoms with Crippen LogP contribution in [0.3, 0.4) is 0 Å². The lowest BCUT2D eigenvalue weighted by atomic mass is 9.91. The molecule has 0 aromatic carbocycles. The van der Waals surface area contributed by atoms with E-state index in [9.17, 15) is 9.59 Å². The van der Waals surface area contributed by atoms with Gasteiger partial charge in [-0.05, 0) is 12.8 Å². The second-order valence-electron chi connectivity index (χ2n) is 4.65. The summed E-state index contributed by atoms with van der Waals surface area (Å²) in [6, 6.07) is -0.323. The van der Waals surface area contributed by atoms with Gasteiger partial charge in [0.05, 0.1) is 5.92 Å². The van der Waals surface area contributed by atoms with Gasteiger partial charge in [-0.15, -0.1) is 0 Å². The van der Waals surface area contributed by atoms with Crippen molar-refractivity contribution in [1.82, 2.24) is 10.6 Å². The number of hydrogen-bond donors (Lipinski definition) is 4. The first-order valence-corrected chi connectivity index (χ1v) is 6.03. The SMILES string of the molecule is CC(CNC(=O)NC1CCCCC1N)C(=O)O. The third-order valence-electron chi connectivity index (χ3n) is 3.13. The molecule has 0 bridgehead atoms. The van der Waals surface area contributed by atoms with Gasteiger partial charge in [0, 0.05) is 18.6 Å². The molecule has 0 heterocycles. The van der Waals surface area contributed by atoms with E-state index in [0.29, 0.717) is 0 Å². The molecule has 98 valence electrons. The van der Waals surface area contributed by atoms with Crippen LogP contribution in [-0.2, 0) is 4.79 Å². The largest absolute Gasteiger partial charge is 0.481 e. The average Bonchev–Trinajstić information content (AvgIpc) is 2.29. The Balaban J connectivity index is 2.26. The number of rotatable bonds is 4. The smallest absolute Gasteiger partial charge is 0.315 e. The molecule has 5 N–H and O–H groups in total. The maximum Gasteiger partial charge on any atom is 0.315 e. The van der Waals surface area contributed by atoms with E-state index in [-0.39, 0.29) is 24.7 Å². The Labute approximate surface area is 101 Å². The highest BCUT2D eigenvalue weighted by Gasteiger charge is 2.23. The fourth-order valence-corrected chi connectivity index (χ4v) is 1.89. The maximum atomic E-state index is 11.5. The molecule has 1 aliphatic carbocycles. The van der Waals surface area contributed by atoms with Crippen LogP contribution in [0.25, 0.3) is 0 Å². The molecule has 0 radical (unpaired) electrons. The molecule has 0 spiro atoms. The first-order valence-electron chi connectivity index (χ1n) is 6.03. The number of nitrogens with two attached hydrogens (primary N) is 1. The van der Waals surface area contributed by atoms with E-state index in [1.807, 2.05) is 0 Å². The Morgan fingerprint density at radius 1 is 1.41 bits per heavy atom. The van der Waals surface area contributed by atoms with Crippen molar-refractivity contribution in [1.29, 1.82) is 0 Å². The summed E-state index contributed by atoms with van der Waals surface area (Å²) in [7, 11) is 0. The number of carboxylic acids is 1. The molecule has 0 aromatic rings. The van der Waals surface area contributed by atoms with Gasteiger partial charge in [0.2, 0.25) is 0 Å². The normalized spacial score (nSPS) is 26.0. The molecular formula is C11H21N3O3. The van der Waals surface area contributed by atoms with Crippen LogP contribution in [0.5, 0.6) is 0 Å². The highest BCUT2D eigenvalue weighted by Crippen LogP contribution is 2.16. The Hall–Kier alpha value is -1.30. The standard InChI is InChI=1S/C11H21N3O3/c1-7(10(15)16)6-13-11(17)14-9-5-3-2-4-8(9)12/h7-9H,2-6,12H2,1H3,(H,15,16)(H2,13,14,17). The van der Waals surface area contributed by atoms with Crippen molar-refractivity contribution < 1.29 is 14.7 Å². The summed E-state index contributed by atoms with van der Waals surface area (Å²) in [5.41, 5.74) is 5.89. The van der Waals surface area contributed by atoms with E-state index < -0.39 is 11.9 Å². The van der Waals surface area contributed by atoms with E-state index >= 15 is 0 Å². The Kier molecular flexibility index (Phi) is 5.21. The molecule has 0 aliphatic heterocycles. The Bertz CT molecular complexity index is 283. The number of nitrogens with one attached hydrogen (secondary N) is 2. The third kappa shape index (κ3) is 4.60. The van der Waals surface area contributed by atoms with Crippen LogP contribution in [0.15, 0.2) is 0 Å². The lowest BCUT2D eigenvalue weighted by Crippen LogP contribution is -2.52. The molecule has 0 aromatic heterocycles. The van der Waals surface area contributed by atoms with Crippen LogP contribution < -0.4 is 16.4 Å². The van der Waals surface area contributed by atoms with E-state index in [4.69, 9.17) is 10.8 Å². The zero-order valence-electron chi connectivity index (χ0n) is 10.1. The summed E-state index contributed by atoms with van der Waals surface area (Å²) < 4.78 is 0. The summed E-state index contributed by atoms with van der Waals surface area (Å²) in [6.45, 7) is 1.68. The van der Waals surface area contributed by atoms with Crippen molar-refractivity contribution in [3.05, 3.63) is 0 Å². The zero-order valence-corrected chi connectivity index (χ0v) is 10.1. The average molecular weight is 243 g/mol. The molecule has 6 nitrogen and oxygen atoms in total. The Morgan fingerprint density at radius 2 is 2.06 bits per heavy atom. The van der Waals surface area contributed by atoms with Crippen LogP contribution in [-0.4, -0.2) is 35.7 Å². The van der Waals surface area contributed by atoms with Gasteiger partial charge in [-0.2, -0.15) is 0 Å². The lowest BCUT2D eigenvalue weighted by Gasteiger charge is -2.29. The molecule has 17 heavy (non-hydrogen) atoms. The van der Waals surface area contributed by atoms with Gasteiger partial charge in [0.25, 0.3) is 0 Å². The monoisotopic (exact) mass is 243 g/mol. The molecule has 0 saturated heterocycles. The molecule has 1 aliphatic rings. The summed E-state index contributed by atoms with van der Waals surface area (Å²) in [5, 5.41) is 14.0. The second kappa shape index (κ2) is 6.44. The molecule has 6 heteroatoms. The number of aliphatic carboxylic acids is 1. The van der Waals surface area contributed by atoms with Gasteiger partial charge in [0.15, 0.2) is 0 Å². The number of hydrogen-bond acceptors (Lipinski definition) is 3. The van der Waals surface area contributed by atoms with Crippen LogP contribution in [0.4, 0.5) is 4.79 Å². The molecule has 3 atom stereocenters. The van der Waals surface area contributed by atoms with Crippen molar-refractivity contribution in [3.63, 3.8) is 0 Å². The summed E-state index contributed by atoms with van der Waals surface area (Å²) in [4.78, 5) is 22.1. The number of carbonyl (C=O) groups excluding carboxylic acids is 1. The predicted octanol–water partition coefficient (Wildman–Crippen LogP) is 0.276. The number of urea groups is 1. The minimum absolute atomic E-state index is 0.00360. The topological polar surface area (TPSA) is 104 Å². The first kappa shape index (κ1) is 13.8. The zero-order chi connectivity index (χ0) is 12.8. The summed E-state index contributed by atoms with van der Waals surface area (Å²) >= 11 is 0. The van der Waals surface area contributed by atoms with Crippen molar-refractivity contribution in [2.45, 2.75) is 44.7 Å². The lowest BCUT2D eigenvalue weighted by molar-refractivity contribution is -0.140. The van der Waals surface area contributed by atoms with E-state index in [1.165, 1.54) is 0 Å². The minimum Gasteiger partial charge on any atom is -0.481 e. The van der Waals surface area contributed by atoms with Gasteiger partial charge < -0.3 is 21.5 Å². The van der Waals surface area contributed by atoms with Crippen molar-refractivity contribution in [2.24, 2.45) is 11.7 Å².